The number of pyridine rings is 1. The molecule has 0 radical (unpaired) electrons. The lowest BCUT2D eigenvalue weighted by molar-refractivity contribution is -0.137. The highest BCUT2D eigenvalue weighted by molar-refractivity contribution is 7.90. The molecule has 0 amide bonds. The number of carboxylic acid groups (broad SMARTS) is 1. The number of rotatable bonds is 5. The zero-order chi connectivity index (χ0) is 15.5. The summed E-state index contributed by atoms with van der Waals surface area (Å²) in [6.07, 6.45) is 6.20. The molecule has 1 aromatic rings. The summed E-state index contributed by atoms with van der Waals surface area (Å²) in [5.41, 5.74) is 0. The molecule has 1 aliphatic heterocycles. The molecule has 116 valence electrons. The van der Waals surface area contributed by atoms with Gasteiger partial charge in [0.1, 0.15) is 10.7 Å². The molecule has 0 aliphatic carbocycles. The van der Waals surface area contributed by atoms with Crippen LogP contribution in [0.1, 0.15) is 32.1 Å². The van der Waals surface area contributed by atoms with Crippen molar-refractivity contribution in [2.75, 3.05) is 17.7 Å². The second-order valence-electron chi connectivity index (χ2n) is 5.37. The van der Waals surface area contributed by atoms with E-state index in [4.69, 9.17) is 5.11 Å². The second-order valence-corrected chi connectivity index (χ2v) is 7.36. The Morgan fingerprint density at radius 2 is 2.24 bits per heavy atom. The predicted octanol–water partition coefficient (Wildman–Crippen LogP) is 1.71. The van der Waals surface area contributed by atoms with E-state index in [2.05, 4.69) is 4.98 Å². The Labute approximate surface area is 124 Å². The van der Waals surface area contributed by atoms with Crippen LogP contribution in [0.2, 0.25) is 0 Å². The summed E-state index contributed by atoms with van der Waals surface area (Å²) >= 11 is 0. The standard InChI is InChI=1S/C14H20N2O4S/c1-21(19,20)12-6-4-9-15-14(12)16-10-3-2-5-11(16)7-8-13(17)18/h4,6,9,11H,2-3,5,7-8,10H2,1H3,(H,17,18). The molecule has 1 N–H and O–H groups in total. The highest BCUT2D eigenvalue weighted by Crippen LogP contribution is 2.30. The molecule has 1 fully saturated rings. The molecule has 6 nitrogen and oxygen atoms in total. The molecule has 21 heavy (non-hydrogen) atoms. The van der Waals surface area contributed by atoms with Crippen molar-refractivity contribution < 1.29 is 18.3 Å². The van der Waals surface area contributed by atoms with Crippen LogP contribution in [0.5, 0.6) is 0 Å². The van der Waals surface area contributed by atoms with E-state index in [1.165, 1.54) is 6.26 Å². The van der Waals surface area contributed by atoms with Crippen molar-refractivity contribution in [3.05, 3.63) is 18.3 Å². The molecule has 1 saturated heterocycles. The fourth-order valence-corrected chi connectivity index (χ4v) is 3.58. The average molecular weight is 312 g/mol. The van der Waals surface area contributed by atoms with Crippen molar-refractivity contribution in [2.45, 2.75) is 43.0 Å². The van der Waals surface area contributed by atoms with Gasteiger partial charge in [0.05, 0.1) is 0 Å². The molecule has 0 saturated carbocycles. The molecule has 0 bridgehead atoms. The van der Waals surface area contributed by atoms with Gasteiger partial charge in [0.2, 0.25) is 0 Å². The molecule has 1 atom stereocenters. The van der Waals surface area contributed by atoms with Crippen LogP contribution in [0.25, 0.3) is 0 Å². The van der Waals surface area contributed by atoms with E-state index in [0.717, 1.165) is 19.3 Å². The number of carboxylic acids is 1. The van der Waals surface area contributed by atoms with E-state index >= 15 is 0 Å². The van der Waals surface area contributed by atoms with E-state index in [-0.39, 0.29) is 17.4 Å². The smallest absolute Gasteiger partial charge is 0.303 e. The third-order valence-electron chi connectivity index (χ3n) is 3.74. The van der Waals surface area contributed by atoms with Gasteiger partial charge in [0.15, 0.2) is 9.84 Å². The molecular formula is C14H20N2O4S. The highest BCUT2D eigenvalue weighted by atomic mass is 32.2. The van der Waals surface area contributed by atoms with Crippen molar-refractivity contribution >= 4 is 21.6 Å². The zero-order valence-electron chi connectivity index (χ0n) is 12.0. The maximum atomic E-state index is 11.9. The minimum atomic E-state index is -3.36. The van der Waals surface area contributed by atoms with Crippen LogP contribution in [0, 0.1) is 0 Å². The summed E-state index contributed by atoms with van der Waals surface area (Å²) in [6.45, 7) is 0.712. The van der Waals surface area contributed by atoms with Crippen LogP contribution in [0.3, 0.4) is 0 Å². The number of piperidine rings is 1. The van der Waals surface area contributed by atoms with Crippen molar-refractivity contribution in [2.24, 2.45) is 0 Å². The average Bonchev–Trinajstić information content (AvgIpc) is 2.44. The van der Waals surface area contributed by atoms with Crippen molar-refractivity contribution in [1.82, 2.24) is 4.98 Å². The van der Waals surface area contributed by atoms with E-state index in [1.807, 2.05) is 4.90 Å². The molecule has 1 aliphatic rings. The topological polar surface area (TPSA) is 87.6 Å². The van der Waals surface area contributed by atoms with Gasteiger partial charge in [-0.3, -0.25) is 4.79 Å². The number of carbonyl (C=O) groups is 1. The first-order valence-electron chi connectivity index (χ1n) is 7.03. The predicted molar refractivity (Wildman–Crippen MR) is 79.2 cm³/mol. The summed E-state index contributed by atoms with van der Waals surface area (Å²) in [5.74, 6) is -0.375. The number of hydrogen-bond donors (Lipinski definition) is 1. The van der Waals surface area contributed by atoms with Crippen LogP contribution in [0.15, 0.2) is 23.2 Å². The van der Waals surface area contributed by atoms with Gasteiger partial charge in [-0.15, -0.1) is 0 Å². The maximum absolute atomic E-state index is 11.9. The van der Waals surface area contributed by atoms with Crippen molar-refractivity contribution in [3.63, 3.8) is 0 Å². The number of aliphatic carboxylic acids is 1. The summed E-state index contributed by atoms with van der Waals surface area (Å²) in [5, 5.41) is 8.85. The minimum Gasteiger partial charge on any atom is -0.481 e. The first kappa shape index (κ1) is 15.8. The molecular weight excluding hydrogens is 292 g/mol. The van der Waals surface area contributed by atoms with Gasteiger partial charge < -0.3 is 10.0 Å². The molecule has 0 spiro atoms. The quantitative estimate of drug-likeness (QED) is 0.890. The van der Waals surface area contributed by atoms with Crippen LogP contribution in [-0.2, 0) is 14.6 Å². The fourth-order valence-electron chi connectivity index (χ4n) is 2.76. The van der Waals surface area contributed by atoms with Gasteiger partial charge in [-0.1, -0.05) is 0 Å². The first-order valence-corrected chi connectivity index (χ1v) is 8.92. The van der Waals surface area contributed by atoms with Crippen LogP contribution >= 0.6 is 0 Å². The second kappa shape index (κ2) is 6.43. The van der Waals surface area contributed by atoms with Crippen LogP contribution < -0.4 is 4.90 Å². The largest absolute Gasteiger partial charge is 0.481 e. The highest BCUT2D eigenvalue weighted by Gasteiger charge is 2.28. The summed E-state index contributed by atoms with van der Waals surface area (Å²) in [6, 6.07) is 3.20. The minimum absolute atomic E-state index is 0.0326. The van der Waals surface area contributed by atoms with Gasteiger partial charge in [0.25, 0.3) is 0 Å². The Morgan fingerprint density at radius 3 is 2.90 bits per heavy atom. The Morgan fingerprint density at radius 1 is 1.48 bits per heavy atom. The van der Waals surface area contributed by atoms with E-state index in [1.54, 1.807) is 18.3 Å². The van der Waals surface area contributed by atoms with Gasteiger partial charge in [0, 0.05) is 31.5 Å². The number of anilines is 1. The Kier molecular flexibility index (Phi) is 4.82. The lowest BCUT2D eigenvalue weighted by atomic mass is 9.98. The number of nitrogens with zero attached hydrogens (tertiary/aromatic N) is 2. The molecule has 7 heteroatoms. The third-order valence-corrected chi connectivity index (χ3v) is 4.86. The molecule has 1 unspecified atom stereocenters. The normalized spacial score (nSPS) is 19.5. The van der Waals surface area contributed by atoms with Gasteiger partial charge in [-0.25, -0.2) is 13.4 Å². The monoisotopic (exact) mass is 312 g/mol. The molecule has 1 aromatic heterocycles. The van der Waals surface area contributed by atoms with Crippen molar-refractivity contribution in [1.29, 1.82) is 0 Å². The fraction of sp³-hybridized carbons (Fsp3) is 0.571. The van der Waals surface area contributed by atoms with E-state index < -0.39 is 15.8 Å². The van der Waals surface area contributed by atoms with Crippen molar-refractivity contribution in [3.8, 4) is 0 Å². The number of hydrogen-bond acceptors (Lipinski definition) is 5. The Balaban J connectivity index is 2.31. The molecule has 2 heterocycles. The Bertz CT molecular complexity index is 615. The van der Waals surface area contributed by atoms with Crippen LogP contribution in [0.4, 0.5) is 5.82 Å². The van der Waals surface area contributed by atoms with Gasteiger partial charge in [-0.05, 0) is 37.8 Å². The molecule has 0 aromatic carbocycles. The number of sulfone groups is 1. The van der Waals surface area contributed by atoms with Gasteiger partial charge >= 0.3 is 5.97 Å². The Hall–Kier alpha value is -1.63. The lowest BCUT2D eigenvalue weighted by Crippen LogP contribution is -2.41. The van der Waals surface area contributed by atoms with Crippen LogP contribution in [-0.4, -0.2) is 43.3 Å². The lowest BCUT2D eigenvalue weighted by Gasteiger charge is -2.37. The SMILES string of the molecule is CS(=O)(=O)c1cccnc1N1CCCCC1CCC(=O)O. The van der Waals surface area contributed by atoms with E-state index in [0.29, 0.717) is 18.8 Å². The van der Waals surface area contributed by atoms with Gasteiger partial charge in [-0.2, -0.15) is 0 Å². The third kappa shape index (κ3) is 3.93. The summed E-state index contributed by atoms with van der Waals surface area (Å²) in [7, 11) is -3.36. The zero-order valence-corrected chi connectivity index (χ0v) is 12.8. The maximum Gasteiger partial charge on any atom is 0.303 e. The summed E-state index contributed by atoms with van der Waals surface area (Å²) in [4.78, 5) is 17.2. The van der Waals surface area contributed by atoms with E-state index in [9.17, 15) is 13.2 Å². The molecule has 2 rings (SSSR count). The number of aromatic nitrogens is 1. The first-order chi connectivity index (χ1) is 9.89. The summed E-state index contributed by atoms with van der Waals surface area (Å²) < 4.78 is 23.8.